The number of ether oxygens (including phenoxy) is 3. The van der Waals surface area contributed by atoms with Gasteiger partial charge in [-0.25, -0.2) is 0 Å². The van der Waals surface area contributed by atoms with Crippen LogP contribution >= 0.6 is 39.9 Å². The largest absolute Gasteiger partial charge is 0.492 e. The third kappa shape index (κ3) is 5.72. The highest BCUT2D eigenvalue weighted by Crippen LogP contribution is 2.46. The van der Waals surface area contributed by atoms with Gasteiger partial charge >= 0.3 is 0 Å². The Balaban J connectivity index is 1.22. The Morgan fingerprint density at radius 3 is 2.33 bits per heavy atom. The Labute approximate surface area is 250 Å². The molecule has 2 aliphatic heterocycles. The van der Waals surface area contributed by atoms with Crippen LogP contribution in [0.25, 0.3) is 6.08 Å². The highest BCUT2D eigenvalue weighted by molar-refractivity contribution is 9.10. The van der Waals surface area contributed by atoms with E-state index >= 15 is 0 Å². The molecule has 1 saturated heterocycles. The first-order valence-corrected chi connectivity index (χ1v) is 14.6. The fourth-order valence-electron chi connectivity index (χ4n) is 4.46. The summed E-state index contributed by atoms with van der Waals surface area (Å²) in [6, 6.07) is 29.5. The molecule has 1 amide bonds. The van der Waals surface area contributed by atoms with E-state index in [0.29, 0.717) is 40.5 Å². The molecule has 0 aliphatic carbocycles. The molecule has 0 radical (unpaired) electrons. The van der Waals surface area contributed by atoms with Crippen LogP contribution in [0.4, 0.5) is 11.4 Å². The maximum absolute atomic E-state index is 12.3. The summed E-state index contributed by atoms with van der Waals surface area (Å²) in [5, 5.41) is 2.66. The smallest absolute Gasteiger partial charge is 0.263 e. The third-order valence-electron chi connectivity index (χ3n) is 6.37. The maximum Gasteiger partial charge on any atom is 0.263 e. The summed E-state index contributed by atoms with van der Waals surface area (Å²) in [6.07, 6.45) is 1.79. The van der Waals surface area contributed by atoms with E-state index < -0.39 is 0 Å². The van der Waals surface area contributed by atoms with Gasteiger partial charge in [0.2, 0.25) is 0 Å². The first-order chi connectivity index (χ1) is 19.5. The van der Waals surface area contributed by atoms with Gasteiger partial charge in [0.05, 0.1) is 22.8 Å². The molecule has 0 spiro atoms. The predicted octanol–water partition coefficient (Wildman–Crippen LogP) is 7.84. The minimum Gasteiger partial charge on any atom is -0.492 e. The van der Waals surface area contributed by atoms with Crippen LogP contribution in [-0.4, -0.2) is 23.4 Å². The molecule has 0 bridgehead atoms. The van der Waals surface area contributed by atoms with Crippen LogP contribution in [0.15, 0.2) is 100 Å². The Kier molecular flexibility index (Phi) is 7.77. The molecule has 200 valence electrons. The number of benzene rings is 4. The molecule has 1 N–H and O–H groups in total. The van der Waals surface area contributed by atoms with E-state index in [1.165, 1.54) is 11.8 Å². The van der Waals surface area contributed by atoms with Crippen LogP contribution in [0.5, 0.6) is 23.0 Å². The minimum atomic E-state index is -0.210. The Hall–Kier alpha value is -3.79. The zero-order valence-electron chi connectivity index (χ0n) is 21.1. The van der Waals surface area contributed by atoms with Crippen molar-refractivity contribution in [2.24, 2.45) is 0 Å². The number of nitrogens with zero attached hydrogens (tertiary/aromatic N) is 1. The zero-order valence-corrected chi connectivity index (χ0v) is 24.4. The number of thiocarbonyl (C=S) groups is 1. The van der Waals surface area contributed by atoms with E-state index in [0.717, 1.165) is 38.5 Å². The van der Waals surface area contributed by atoms with E-state index in [-0.39, 0.29) is 5.91 Å². The van der Waals surface area contributed by atoms with Crippen LogP contribution in [0.2, 0.25) is 0 Å². The van der Waals surface area contributed by atoms with Crippen molar-refractivity contribution in [2.45, 2.75) is 6.61 Å². The highest BCUT2D eigenvalue weighted by atomic mass is 79.9. The maximum atomic E-state index is 12.3. The Morgan fingerprint density at radius 1 is 0.925 bits per heavy atom. The van der Waals surface area contributed by atoms with Crippen LogP contribution < -0.4 is 24.4 Å². The highest BCUT2D eigenvalue weighted by Gasteiger charge is 2.24. The van der Waals surface area contributed by atoms with Crippen molar-refractivity contribution in [3.05, 3.63) is 112 Å². The van der Waals surface area contributed by atoms with Gasteiger partial charge in [-0.2, -0.15) is 0 Å². The number of hydrogen-bond acceptors (Lipinski definition) is 7. The molecule has 6 nitrogen and oxygen atoms in total. The summed E-state index contributed by atoms with van der Waals surface area (Å²) in [6.45, 7) is 1.39. The average molecular weight is 632 g/mol. The number of carbonyl (C=O) groups excluding carboxylic acids is 1. The average Bonchev–Trinajstić information content (AvgIpc) is 3.29. The summed E-state index contributed by atoms with van der Waals surface area (Å²) in [5.74, 6) is 2.69. The second-order valence-electron chi connectivity index (χ2n) is 8.97. The summed E-state index contributed by atoms with van der Waals surface area (Å²) < 4.78 is 20.0. The lowest BCUT2D eigenvalue weighted by molar-refractivity contribution is -0.115. The monoisotopic (exact) mass is 630 g/mol. The summed E-state index contributed by atoms with van der Waals surface area (Å²) in [4.78, 5) is 15.0. The van der Waals surface area contributed by atoms with Crippen LogP contribution in [0, 0.1) is 0 Å². The number of fused-ring (bicyclic) bond motifs is 2. The lowest BCUT2D eigenvalue weighted by atomic mass is 10.1. The van der Waals surface area contributed by atoms with Gasteiger partial charge in [0, 0.05) is 21.7 Å². The first kappa shape index (κ1) is 26.4. The number of para-hydroxylation sites is 4. The number of amides is 1. The van der Waals surface area contributed by atoms with Crippen LogP contribution in [0.1, 0.15) is 11.1 Å². The molecule has 2 aliphatic rings. The second-order valence-corrected chi connectivity index (χ2v) is 11.5. The van der Waals surface area contributed by atoms with Gasteiger partial charge in [0.25, 0.3) is 5.91 Å². The van der Waals surface area contributed by atoms with Crippen LogP contribution in [-0.2, 0) is 11.4 Å². The van der Waals surface area contributed by atoms with Crippen LogP contribution in [0.3, 0.4) is 0 Å². The molecule has 0 saturated carbocycles. The van der Waals surface area contributed by atoms with Gasteiger partial charge in [-0.15, -0.1) is 0 Å². The molecule has 9 heteroatoms. The van der Waals surface area contributed by atoms with Gasteiger partial charge < -0.3 is 24.4 Å². The Morgan fingerprint density at radius 2 is 1.62 bits per heavy atom. The van der Waals surface area contributed by atoms with E-state index in [1.54, 1.807) is 6.08 Å². The van der Waals surface area contributed by atoms with E-state index in [9.17, 15) is 4.79 Å². The lowest BCUT2D eigenvalue weighted by Crippen LogP contribution is -2.26. The predicted molar refractivity (Wildman–Crippen MR) is 167 cm³/mol. The lowest BCUT2D eigenvalue weighted by Gasteiger charge is -2.32. The number of rotatable bonds is 8. The standard InChI is InChI=1S/C31H23BrN2O4S2/c32-23-8-2-1-7-21(23)19-37-28-18-22(14-13-20(28)17-29-30(35)33-31(39)40-29)36-16-15-34-24-9-3-5-11-26(24)38-27-12-6-4-10-25(27)34/h1-14,17-18H,15-16,19H2,(H,33,35,39)/b29-17-. The molecule has 0 atom stereocenters. The third-order valence-corrected chi connectivity index (χ3v) is 8.31. The summed E-state index contributed by atoms with van der Waals surface area (Å²) in [7, 11) is 0. The molecular formula is C31H23BrN2O4S2. The molecule has 6 rings (SSSR count). The normalized spacial score (nSPS) is 14.8. The van der Waals surface area contributed by atoms with Crippen molar-refractivity contribution < 1.29 is 19.0 Å². The van der Waals surface area contributed by atoms with E-state index in [4.69, 9.17) is 26.4 Å². The quantitative estimate of drug-likeness (QED) is 0.157. The SMILES string of the molecule is O=C1NC(=S)S/C1=C\c1ccc(OCCN2c3ccccc3Oc3ccccc32)cc1OCc1ccccc1Br. The van der Waals surface area contributed by atoms with Gasteiger partial charge in [-0.1, -0.05) is 82.4 Å². The van der Waals surface area contributed by atoms with Crippen molar-refractivity contribution in [3.63, 3.8) is 0 Å². The fourth-order valence-corrected chi connectivity index (χ4v) is 5.89. The van der Waals surface area contributed by atoms with Crippen molar-refractivity contribution in [3.8, 4) is 23.0 Å². The number of halogens is 1. The molecule has 4 aromatic carbocycles. The molecule has 2 heterocycles. The molecular weight excluding hydrogens is 608 g/mol. The first-order valence-electron chi connectivity index (χ1n) is 12.6. The number of thioether (sulfide) groups is 1. The van der Waals surface area contributed by atoms with Crippen molar-refractivity contribution in [1.82, 2.24) is 5.32 Å². The zero-order chi connectivity index (χ0) is 27.5. The minimum absolute atomic E-state index is 0.210. The topological polar surface area (TPSA) is 60.0 Å². The van der Waals surface area contributed by atoms with Crippen molar-refractivity contribution in [2.75, 3.05) is 18.1 Å². The number of carbonyl (C=O) groups is 1. The van der Waals surface area contributed by atoms with Gasteiger partial charge in [-0.3, -0.25) is 4.79 Å². The van der Waals surface area contributed by atoms with E-state index in [1.807, 2.05) is 91.0 Å². The number of nitrogens with one attached hydrogen (secondary N) is 1. The fraction of sp³-hybridized carbons (Fsp3) is 0.0968. The molecule has 0 unspecified atom stereocenters. The molecule has 1 fully saturated rings. The summed E-state index contributed by atoms with van der Waals surface area (Å²) in [5.41, 5.74) is 3.76. The van der Waals surface area contributed by atoms with Gasteiger partial charge in [-0.05, 0) is 48.5 Å². The van der Waals surface area contributed by atoms with E-state index in [2.05, 4.69) is 26.1 Å². The molecule has 4 aromatic rings. The Bertz CT molecular complexity index is 1600. The molecule has 0 aromatic heterocycles. The van der Waals surface area contributed by atoms with Gasteiger partial charge in [0.15, 0.2) is 11.5 Å². The number of hydrogen-bond donors (Lipinski definition) is 1. The van der Waals surface area contributed by atoms with Gasteiger partial charge in [0.1, 0.15) is 29.0 Å². The molecule has 40 heavy (non-hydrogen) atoms. The van der Waals surface area contributed by atoms with Crippen molar-refractivity contribution in [1.29, 1.82) is 0 Å². The second kappa shape index (κ2) is 11.8. The number of anilines is 2. The summed E-state index contributed by atoms with van der Waals surface area (Å²) >= 11 is 9.97. The van der Waals surface area contributed by atoms with Crippen molar-refractivity contribution >= 4 is 67.6 Å².